The van der Waals surface area contributed by atoms with Crippen LogP contribution < -0.4 is 0 Å². The van der Waals surface area contributed by atoms with Crippen LogP contribution in [0.1, 0.15) is 63.9 Å². The van der Waals surface area contributed by atoms with Gasteiger partial charge in [-0.3, -0.25) is 4.90 Å². The number of amides is 1. The van der Waals surface area contributed by atoms with Crippen molar-refractivity contribution in [1.82, 2.24) is 4.90 Å². The largest absolute Gasteiger partial charge is 0.444 e. The van der Waals surface area contributed by atoms with Gasteiger partial charge in [-0.1, -0.05) is 30.3 Å². The fourth-order valence-corrected chi connectivity index (χ4v) is 4.25. The van der Waals surface area contributed by atoms with Gasteiger partial charge >= 0.3 is 6.09 Å². The van der Waals surface area contributed by atoms with E-state index in [4.69, 9.17) is 14.2 Å². The maximum absolute atomic E-state index is 12.7. The van der Waals surface area contributed by atoms with E-state index in [9.17, 15) is 4.79 Å². The van der Waals surface area contributed by atoms with Gasteiger partial charge in [0.25, 0.3) is 0 Å². The zero-order valence-electron chi connectivity index (χ0n) is 16.4. The molecule has 3 aliphatic rings. The first kappa shape index (κ1) is 18.5. The van der Waals surface area contributed by atoms with Crippen molar-refractivity contribution in [3.05, 3.63) is 41.5 Å². The molecule has 0 N–H and O–H groups in total. The molecule has 0 spiro atoms. The molecule has 5 heteroatoms. The second-order valence-corrected chi connectivity index (χ2v) is 8.63. The summed E-state index contributed by atoms with van der Waals surface area (Å²) in [5.74, 6) is 0. The molecule has 1 amide bonds. The van der Waals surface area contributed by atoms with Crippen molar-refractivity contribution >= 4 is 11.7 Å². The first-order chi connectivity index (χ1) is 12.9. The number of rotatable bonds is 2. The van der Waals surface area contributed by atoms with E-state index in [-0.39, 0.29) is 24.5 Å². The van der Waals surface area contributed by atoms with Crippen LogP contribution >= 0.6 is 0 Å². The summed E-state index contributed by atoms with van der Waals surface area (Å²) in [5, 5.41) is 0. The molecule has 2 atom stereocenters. The van der Waals surface area contributed by atoms with Crippen LogP contribution in [0.15, 0.2) is 30.3 Å². The number of piperidine rings is 1. The van der Waals surface area contributed by atoms with Crippen molar-refractivity contribution < 1.29 is 19.0 Å². The van der Waals surface area contributed by atoms with Gasteiger partial charge in [-0.05, 0) is 57.6 Å². The molecule has 0 aliphatic carbocycles. The SMILES string of the molecule is CC(C)(C)OC(=O)N1C2C=C(c3ccc(C4OCCO4)cc3)CC1CCC2. The molecule has 3 aliphatic heterocycles. The summed E-state index contributed by atoms with van der Waals surface area (Å²) in [6, 6.07) is 8.81. The molecule has 27 heavy (non-hydrogen) atoms. The molecule has 146 valence electrons. The predicted molar refractivity (Wildman–Crippen MR) is 103 cm³/mol. The minimum atomic E-state index is -0.463. The Hall–Kier alpha value is -1.85. The third-order valence-electron chi connectivity index (χ3n) is 5.42. The number of benzene rings is 1. The highest BCUT2D eigenvalue weighted by Gasteiger charge is 2.39. The Bertz CT molecular complexity index is 713. The normalized spacial score (nSPS) is 26.0. The number of hydrogen-bond donors (Lipinski definition) is 0. The van der Waals surface area contributed by atoms with E-state index in [1.807, 2.05) is 25.7 Å². The average molecular weight is 371 g/mol. The molecule has 2 fully saturated rings. The molecule has 1 aromatic carbocycles. The maximum atomic E-state index is 12.7. The molecule has 3 heterocycles. The highest BCUT2D eigenvalue weighted by atomic mass is 16.7. The van der Waals surface area contributed by atoms with Crippen molar-refractivity contribution in [2.75, 3.05) is 13.2 Å². The Balaban J connectivity index is 1.52. The number of ether oxygens (including phenoxy) is 3. The van der Waals surface area contributed by atoms with E-state index >= 15 is 0 Å². The van der Waals surface area contributed by atoms with Crippen LogP contribution in [-0.4, -0.2) is 41.9 Å². The molecule has 1 aromatic rings. The second kappa shape index (κ2) is 7.28. The lowest BCUT2D eigenvalue weighted by atomic mass is 9.83. The Morgan fingerprint density at radius 2 is 1.81 bits per heavy atom. The molecule has 2 saturated heterocycles. The Kier molecular flexibility index (Phi) is 4.99. The highest BCUT2D eigenvalue weighted by molar-refractivity contribution is 5.74. The van der Waals surface area contributed by atoms with Gasteiger partial charge in [0.2, 0.25) is 0 Å². The number of fused-ring (bicyclic) bond motifs is 2. The van der Waals surface area contributed by atoms with Crippen LogP contribution in [0, 0.1) is 0 Å². The van der Waals surface area contributed by atoms with Crippen LogP contribution in [0.2, 0.25) is 0 Å². The van der Waals surface area contributed by atoms with E-state index in [2.05, 4.69) is 30.3 Å². The molecule has 2 bridgehead atoms. The smallest absolute Gasteiger partial charge is 0.411 e. The molecular formula is C22H29NO4. The van der Waals surface area contributed by atoms with E-state index < -0.39 is 5.60 Å². The van der Waals surface area contributed by atoms with Crippen molar-refractivity contribution in [3.8, 4) is 0 Å². The summed E-state index contributed by atoms with van der Waals surface area (Å²) < 4.78 is 16.8. The van der Waals surface area contributed by atoms with Crippen LogP contribution in [0.3, 0.4) is 0 Å². The fourth-order valence-electron chi connectivity index (χ4n) is 4.25. The summed E-state index contributed by atoms with van der Waals surface area (Å²) in [7, 11) is 0. The Morgan fingerprint density at radius 3 is 2.44 bits per heavy atom. The van der Waals surface area contributed by atoms with Gasteiger partial charge in [-0.15, -0.1) is 0 Å². The molecule has 0 radical (unpaired) electrons. The minimum absolute atomic E-state index is 0.128. The lowest BCUT2D eigenvalue weighted by molar-refractivity contribution is -0.0441. The van der Waals surface area contributed by atoms with Gasteiger partial charge < -0.3 is 14.2 Å². The summed E-state index contributed by atoms with van der Waals surface area (Å²) in [5.41, 5.74) is 3.14. The molecule has 4 rings (SSSR count). The highest BCUT2D eigenvalue weighted by Crippen LogP contribution is 2.38. The van der Waals surface area contributed by atoms with Crippen LogP contribution in [-0.2, 0) is 14.2 Å². The standard InChI is InChI=1S/C22H29NO4/c1-22(2,3)27-21(24)23-18-5-4-6-19(23)14-17(13-18)15-7-9-16(10-8-15)20-25-11-12-26-20/h7-10,13,18-20H,4-6,11-12,14H2,1-3H3. The van der Waals surface area contributed by atoms with Gasteiger partial charge in [0, 0.05) is 11.6 Å². The van der Waals surface area contributed by atoms with Crippen molar-refractivity contribution in [3.63, 3.8) is 0 Å². The number of carbonyl (C=O) groups is 1. The molecule has 5 nitrogen and oxygen atoms in total. The third kappa shape index (κ3) is 4.04. The number of carbonyl (C=O) groups excluding carboxylic acids is 1. The Labute approximate surface area is 161 Å². The first-order valence-corrected chi connectivity index (χ1v) is 9.96. The summed E-state index contributed by atoms with van der Waals surface area (Å²) >= 11 is 0. The molecule has 0 aromatic heterocycles. The van der Waals surface area contributed by atoms with Gasteiger partial charge in [0.1, 0.15) is 5.60 Å². The second-order valence-electron chi connectivity index (χ2n) is 8.63. The van der Waals surface area contributed by atoms with Crippen LogP contribution in [0.25, 0.3) is 5.57 Å². The van der Waals surface area contributed by atoms with E-state index in [1.165, 1.54) is 11.1 Å². The minimum Gasteiger partial charge on any atom is -0.444 e. The molecule has 2 unspecified atom stereocenters. The average Bonchev–Trinajstić information content (AvgIpc) is 3.14. The summed E-state index contributed by atoms with van der Waals surface area (Å²) in [6.07, 6.45) is 5.92. The zero-order valence-corrected chi connectivity index (χ0v) is 16.4. The van der Waals surface area contributed by atoms with Gasteiger partial charge in [0.05, 0.1) is 19.3 Å². The zero-order chi connectivity index (χ0) is 19.0. The number of nitrogens with zero attached hydrogens (tertiary/aromatic N) is 1. The van der Waals surface area contributed by atoms with Crippen molar-refractivity contribution in [2.24, 2.45) is 0 Å². The fraction of sp³-hybridized carbons (Fsp3) is 0.591. The van der Waals surface area contributed by atoms with Gasteiger partial charge in [0.15, 0.2) is 6.29 Å². The van der Waals surface area contributed by atoms with E-state index in [0.717, 1.165) is 31.2 Å². The Morgan fingerprint density at radius 1 is 1.11 bits per heavy atom. The summed E-state index contributed by atoms with van der Waals surface area (Å²) in [4.78, 5) is 14.7. The summed E-state index contributed by atoms with van der Waals surface area (Å²) in [6.45, 7) is 7.07. The van der Waals surface area contributed by atoms with Crippen LogP contribution in [0.4, 0.5) is 4.79 Å². The van der Waals surface area contributed by atoms with E-state index in [0.29, 0.717) is 13.2 Å². The van der Waals surface area contributed by atoms with Crippen LogP contribution in [0.5, 0.6) is 0 Å². The quantitative estimate of drug-likeness (QED) is 0.757. The number of hydrogen-bond acceptors (Lipinski definition) is 4. The molecular weight excluding hydrogens is 342 g/mol. The van der Waals surface area contributed by atoms with Gasteiger partial charge in [-0.25, -0.2) is 4.79 Å². The topological polar surface area (TPSA) is 48.0 Å². The monoisotopic (exact) mass is 371 g/mol. The van der Waals surface area contributed by atoms with Gasteiger partial charge in [-0.2, -0.15) is 0 Å². The predicted octanol–water partition coefficient (Wildman–Crippen LogP) is 4.68. The molecule has 0 saturated carbocycles. The lowest BCUT2D eigenvalue weighted by Gasteiger charge is -2.45. The maximum Gasteiger partial charge on any atom is 0.411 e. The van der Waals surface area contributed by atoms with Crippen molar-refractivity contribution in [1.29, 1.82) is 0 Å². The third-order valence-corrected chi connectivity index (χ3v) is 5.42. The first-order valence-electron chi connectivity index (χ1n) is 9.96. The lowest BCUT2D eigenvalue weighted by Crippen LogP contribution is -2.53. The van der Waals surface area contributed by atoms with E-state index in [1.54, 1.807) is 0 Å². The van der Waals surface area contributed by atoms with Crippen molar-refractivity contribution in [2.45, 2.75) is 70.4 Å².